The number of hydrogen-bond donors (Lipinski definition) is 10. The second-order valence-corrected chi connectivity index (χ2v) is 11.9. The molecule has 0 spiro atoms. The number of primary amides is 1. The van der Waals surface area contributed by atoms with Crippen molar-refractivity contribution < 1.29 is 38.6 Å². The second-order valence-electron chi connectivity index (χ2n) is 11.9. The Balaban J connectivity index is 2.30. The minimum absolute atomic E-state index is 0.106. The van der Waals surface area contributed by atoms with E-state index in [4.69, 9.17) is 33.1 Å². The fourth-order valence-corrected chi connectivity index (χ4v) is 5.33. The first-order chi connectivity index (χ1) is 23.7. The van der Waals surface area contributed by atoms with Crippen LogP contribution in [-0.4, -0.2) is 89.9 Å². The molecule has 1 aromatic rings. The molecule has 2 rings (SSSR count). The first-order valence-corrected chi connectivity index (χ1v) is 16.1. The van der Waals surface area contributed by atoms with Crippen LogP contribution in [0, 0.1) is 11.3 Å². The number of amides is 5. The Morgan fingerprint density at radius 2 is 1.46 bits per heavy atom. The average Bonchev–Trinajstić information content (AvgIpc) is 3.07. The van der Waals surface area contributed by atoms with Gasteiger partial charge in [0.1, 0.15) is 36.6 Å². The summed E-state index contributed by atoms with van der Waals surface area (Å²) < 4.78 is 4.95. The number of aliphatic carboxylic acids is 1. The zero-order valence-electron chi connectivity index (χ0n) is 27.8. The van der Waals surface area contributed by atoms with Gasteiger partial charge in [-0.15, -0.1) is 0 Å². The number of nitrogen functional groups attached to an aromatic ring is 1. The van der Waals surface area contributed by atoms with Crippen LogP contribution in [-0.2, 0) is 35.1 Å². The molecule has 4 atom stereocenters. The molecule has 0 bridgehead atoms. The monoisotopic (exact) mass is 700 g/mol. The van der Waals surface area contributed by atoms with E-state index in [0.29, 0.717) is 17.5 Å². The van der Waals surface area contributed by atoms with Gasteiger partial charge in [0, 0.05) is 18.4 Å². The number of amidine groups is 1. The van der Waals surface area contributed by atoms with E-state index in [1.807, 2.05) is 0 Å². The molecule has 1 aliphatic carbocycles. The largest absolute Gasteiger partial charge is 0.481 e. The molecule has 1 saturated carbocycles. The van der Waals surface area contributed by atoms with Crippen LogP contribution in [0.3, 0.4) is 0 Å². The Morgan fingerprint density at radius 3 is 2.02 bits per heavy atom. The molecule has 0 radical (unpaired) electrons. The van der Waals surface area contributed by atoms with Gasteiger partial charge >= 0.3 is 12.1 Å². The van der Waals surface area contributed by atoms with Gasteiger partial charge in [-0.05, 0) is 24.3 Å². The summed E-state index contributed by atoms with van der Waals surface area (Å²) in [5.41, 5.74) is 23.0. The van der Waals surface area contributed by atoms with Crippen LogP contribution in [0.15, 0.2) is 41.9 Å². The van der Waals surface area contributed by atoms with Gasteiger partial charge in [-0.3, -0.25) is 34.4 Å². The van der Waals surface area contributed by atoms with Crippen LogP contribution in [0.5, 0.6) is 0 Å². The molecular weight excluding hydrogens is 652 g/mol. The van der Waals surface area contributed by atoms with Crippen molar-refractivity contribution in [1.82, 2.24) is 21.3 Å². The molecule has 1 unspecified atom stereocenters. The maximum atomic E-state index is 13.6. The van der Waals surface area contributed by atoms with Crippen LogP contribution in [0.25, 0.3) is 0 Å². The second kappa shape index (κ2) is 20.6. The molecule has 1 aromatic carbocycles. The summed E-state index contributed by atoms with van der Waals surface area (Å²) in [6.07, 6.45) is 4.42. The number of ether oxygens (including phenoxy) is 1. The highest BCUT2D eigenvalue weighted by Crippen LogP contribution is 2.27. The van der Waals surface area contributed by atoms with Crippen LogP contribution in [0.1, 0.15) is 62.5 Å². The van der Waals surface area contributed by atoms with Gasteiger partial charge in [0.25, 0.3) is 0 Å². The van der Waals surface area contributed by atoms with E-state index in [0.717, 1.165) is 32.1 Å². The standard InChI is InChI=1S/C32H48N10O8/c1-2-14-50-32(49)42-23(16-19-8-10-20(11-9-19)26(33)34)29(47)39-21(12-13-25(43)44)28(46)41-24(17-38-31(36)37)30(48)40-22(27(35)45)15-18-6-4-3-5-7-18/h2,8-11,18,21-24H,1,3-7,12-17H2,(H3,33,34)(H2,35,45)(H,39,47)(H,40,48)(H,41,46)(H,42,49)(H,43,44)(H4,36,37,38)/t21-,22-,23-,24?/m0/s1. The van der Waals surface area contributed by atoms with E-state index in [2.05, 4.69) is 32.8 Å². The number of carbonyl (C=O) groups excluding carboxylic acids is 5. The van der Waals surface area contributed by atoms with Crippen LogP contribution in [0.2, 0.25) is 0 Å². The number of guanidine groups is 1. The number of aliphatic imine (C=N–C) groups is 1. The topological polar surface area (TPSA) is 320 Å². The maximum Gasteiger partial charge on any atom is 0.408 e. The molecule has 18 heteroatoms. The van der Waals surface area contributed by atoms with Crippen molar-refractivity contribution in [3.8, 4) is 0 Å². The number of nitrogens with zero attached hydrogens (tertiary/aromatic N) is 1. The van der Waals surface area contributed by atoms with E-state index in [-0.39, 0.29) is 24.8 Å². The molecule has 0 saturated heterocycles. The minimum Gasteiger partial charge on any atom is -0.481 e. The minimum atomic E-state index is -1.52. The number of carbonyl (C=O) groups is 6. The number of nitrogens with two attached hydrogens (primary N) is 4. The normalized spacial score (nSPS) is 15.1. The van der Waals surface area contributed by atoms with E-state index in [1.165, 1.54) is 6.08 Å². The predicted molar refractivity (Wildman–Crippen MR) is 183 cm³/mol. The molecule has 274 valence electrons. The van der Waals surface area contributed by atoms with E-state index >= 15 is 0 Å². The number of alkyl carbamates (subject to hydrolysis) is 1. The highest BCUT2D eigenvalue weighted by molar-refractivity contribution is 5.96. The molecule has 5 amide bonds. The zero-order valence-corrected chi connectivity index (χ0v) is 27.8. The SMILES string of the molecule is C=CCOC(=O)N[C@@H](Cc1ccc(C(=N)N)cc1)C(=O)N[C@@H](CCC(=O)O)C(=O)NC(CN=C(N)N)C(=O)N[C@@H](CC1CCCCC1)C(N)=O. The molecule has 0 heterocycles. The Kier molecular flexibility index (Phi) is 16.7. The summed E-state index contributed by atoms with van der Waals surface area (Å²) in [5, 5.41) is 26.8. The average molecular weight is 701 g/mol. The quantitative estimate of drug-likeness (QED) is 0.0439. The summed E-state index contributed by atoms with van der Waals surface area (Å²) in [6.45, 7) is 2.85. The molecule has 14 N–H and O–H groups in total. The zero-order chi connectivity index (χ0) is 37.2. The van der Waals surface area contributed by atoms with Crippen molar-refractivity contribution in [3.63, 3.8) is 0 Å². The van der Waals surface area contributed by atoms with E-state index < -0.39 is 85.2 Å². The number of rotatable bonds is 20. The van der Waals surface area contributed by atoms with Crippen molar-refractivity contribution in [1.29, 1.82) is 5.41 Å². The molecule has 50 heavy (non-hydrogen) atoms. The highest BCUT2D eigenvalue weighted by atomic mass is 16.5. The molecule has 1 aliphatic rings. The molecule has 0 aliphatic heterocycles. The van der Waals surface area contributed by atoms with Crippen molar-refractivity contribution in [3.05, 3.63) is 48.0 Å². The van der Waals surface area contributed by atoms with Gasteiger partial charge in [0.15, 0.2) is 5.96 Å². The Hall–Kier alpha value is -5.68. The number of carboxylic acids is 1. The molecular formula is C32H48N10O8. The smallest absolute Gasteiger partial charge is 0.408 e. The Morgan fingerprint density at radius 1 is 0.880 bits per heavy atom. The summed E-state index contributed by atoms with van der Waals surface area (Å²) in [4.78, 5) is 80.5. The molecule has 18 nitrogen and oxygen atoms in total. The Bertz CT molecular complexity index is 1410. The lowest BCUT2D eigenvalue weighted by molar-refractivity contribution is -0.138. The lowest BCUT2D eigenvalue weighted by Crippen LogP contribution is -2.59. The fourth-order valence-electron chi connectivity index (χ4n) is 5.33. The summed E-state index contributed by atoms with van der Waals surface area (Å²) in [5.74, 6) is -5.10. The van der Waals surface area contributed by atoms with E-state index in [1.54, 1.807) is 24.3 Å². The number of hydrogen-bond acceptors (Lipinski definition) is 9. The predicted octanol–water partition coefficient (Wildman–Crippen LogP) is -1.16. The fraction of sp³-hybridized carbons (Fsp3) is 0.500. The molecule has 1 fully saturated rings. The van der Waals surface area contributed by atoms with Crippen molar-refractivity contribution in [2.45, 2.75) is 82.0 Å². The Labute approximate surface area is 289 Å². The summed E-state index contributed by atoms with van der Waals surface area (Å²) in [7, 11) is 0. The van der Waals surface area contributed by atoms with Gasteiger partial charge in [0.05, 0.1) is 6.54 Å². The lowest BCUT2D eigenvalue weighted by Gasteiger charge is -2.27. The van der Waals surface area contributed by atoms with Gasteiger partial charge in [-0.1, -0.05) is 69.0 Å². The van der Waals surface area contributed by atoms with Gasteiger partial charge in [-0.25, -0.2) is 4.79 Å². The first kappa shape index (κ1) is 40.5. The highest BCUT2D eigenvalue weighted by Gasteiger charge is 2.32. The number of nitrogens with one attached hydrogen (secondary N) is 5. The lowest BCUT2D eigenvalue weighted by atomic mass is 9.84. The maximum absolute atomic E-state index is 13.6. The van der Waals surface area contributed by atoms with Gasteiger partial charge < -0.3 is 54.0 Å². The van der Waals surface area contributed by atoms with E-state index in [9.17, 15) is 33.9 Å². The van der Waals surface area contributed by atoms with Crippen LogP contribution < -0.4 is 44.2 Å². The third-order valence-corrected chi connectivity index (χ3v) is 7.97. The van der Waals surface area contributed by atoms with Crippen LogP contribution >= 0.6 is 0 Å². The third-order valence-electron chi connectivity index (χ3n) is 7.97. The number of benzene rings is 1. The summed E-state index contributed by atoms with van der Waals surface area (Å²) >= 11 is 0. The summed E-state index contributed by atoms with van der Waals surface area (Å²) in [6, 6.07) is 0.930. The first-order valence-electron chi connectivity index (χ1n) is 16.1. The van der Waals surface area contributed by atoms with Crippen molar-refractivity contribution in [2.24, 2.45) is 33.8 Å². The van der Waals surface area contributed by atoms with Gasteiger partial charge in [-0.2, -0.15) is 0 Å². The van der Waals surface area contributed by atoms with Gasteiger partial charge in [0.2, 0.25) is 23.6 Å². The molecule has 0 aromatic heterocycles. The van der Waals surface area contributed by atoms with Crippen molar-refractivity contribution >= 4 is 47.5 Å². The third kappa shape index (κ3) is 14.6. The number of carboxylic acid groups (broad SMARTS) is 1. The van der Waals surface area contributed by atoms with Crippen LogP contribution in [0.4, 0.5) is 4.79 Å². The van der Waals surface area contributed by atoms with Crippen molar-refractivity contribution in [2.75, 3.05) is 13.2 Å².